The largest absolute Gasteiger partial charge is 0.388 e. The summed E-state index contributed by atoms with van der Waals surface area (Å²) in [7, 11) is 0. The molecule has 3 fully saturated rings. The van der Waals surface area contributed by atoms with E-state index in [1.54, 1.807) is 0 Å². The van der Waals surface area contributed by atoms with Gasteiger partial charge in [0.1, 0.15) is 0 Å². The number of carbonyl (C=O) groups is 1. The maximum atomic E-state index is 12.1. The summed E-state index contributed by atoms with van der Waals surface area (Å²) in [5.74, 6) is 1.82. The van der Waals surface area contributed by atoms with E-state index in [4.69, 9.17) is 0 Å². The van der Waals surface area contributed by atoms with E-state index in [1.165, 1.54) is 32.1 Å². The van der Waals surface area contributed by atoms with E-state index in [2.05, 4.69) is 5.32 Å². The number of fused-ring (bicyclic) bond motifs is 1. The first-order valence-electron chi connectivity index (χ1n) is 7.70. The summed E-state index contributed by atoms with van der Waals surface area (Å²) in [6.07, 6.45) is 10.2. The van der Waals surface area contributed by atoms with Gasteiger partial charge in [0.2, 0.25) is 5.91 Å². The lowest BCUT2D eigenvalue weighted by atomic mass is 9.85. The van der Waals surface area contributed by atoms with Crippen molar-refractivity contribution >= 4 is 5.91 Å². The van der Waals surface area contributed by atoms with Gasteiger partial charge in [0.15, 0.2) is 0 Å². The third kappa shape index (κ3) is 2.42. The molecule has 3 rings (SSSR count). The van der Waals surface area contributed by atoms with Crippen molar-refractivity contribution in [3.8, 4) is 0 Å². The fraction of sp³-hybridized carbons (Fsp3) is 0.933. The molecular formula is C15H25NO2. The van der Waals surface area contributed by atoms with E-state index in [1.807, 2.05) is 0 Å². The second kappa shape index (κ2) is 4.84. The first-order valence-corrected chi connectivity index (χ1v) is 7.70. The SMILES string of the molecule is O=C(NCC1(O)CCCCC1)C1C2CCCCC21. The van der Waals surface area contributed by atoms with Gasteiger partial charge in [-0.25, -0.2) is 0 Å². The van der Waals surface area contributed by atoms with Gasteiger partial charge in [-0.1, -0.05) is 32.1 Å². The van der Waals surface area contributed by atoms with Gasteiger partial charge in [-0.2, -0.15) is 0 Å². The third-order valence-corrected chi connectivity index (χ3v) is 5.34. The fourth-order valence-electron chi connectivity index (χ4n) is 4.14. The third-order valence-electron chi connectivity index (χ3n) is 5.34. The maximum Gasteiger partial charge on any atom is 0.223 e. The van der Waals surface area contributed by atoms with Crippen molar-refractivity contribution < 1.29 is 9.90 Å². The minimum Gasteiger partial charge on any atom is -0.388 e. The number of carbonyl (C=O) groups excluding carboxylic acids is 1. The number of hydrogen-bond acceptors (Lipinski definition) is 2. The van der Waals surface area contributed by atoms with Gasteiger partial charge in [-0.05, 0) is 37.5 Å². The van der Waals surface area contributed by atoms with Crippen LogP contribution in [0.15, 0.2) is 0 Å². The van der Waals surface area contributed by atoms with Crippen LogP contribution in [0.3, 0.4) is 0 Å². The van der Waals surface area contributed by atoms with Crippen molar-refractivity contribution in [2.45, 2.75) is 63.4 Å². The van der Waals surface area contributed by atoms with Gasteiger partial charge in [-0.15, -0.1) is 0 Å². The Morgan fingerprint density at radius 2 is 1.67 bits per heavy atom. The molecule has 0 aliphatic heterocycles. The first-order chi connectivity index (χ1) is 8.70. The van der Waals surface area contributed by atoms with Gasteiger partial charge in [0, 0.05) is 12.5 Å². The Bertz CT molecular complexity index is 310. The van der Waals surface area contributed by atoms with Crippen LogP contribution in [0.25, 0.3) is 0 Å². The topological polar surface area (TPSA) is 49.3 Å². The van der Waals surface area contributed by atoms with Gasteiger partial charge in [0.25, 0.3) is 0 Å². The lowest BCUT2D eigenvalue weighted by molar-refractivity contribution is -0.124. The summed E-state index contributed by atoms with van der Waals surface area (Å²) >= 11 is 0. The molecule has 18 heavy (non-hydrogen) atoms. The highest BCUT2D eigenvalue weighted by Gasteiger charge is 2.54. The minimum atomic E-state index is -0.617. The van der Waals surface area contributed by atoms with Crippen molar-refractivity contribution in [2.24, 2.45) is 17.8 Å². The molecule has 2 atom stereocenters. The van der Waals surface area contributed by atoms with Crippen LogP contribution in [0.4, 0.5) is 0 Å². The normalized spacial score (nSPS) is 37.7. The molecule has 0 saturated heterocycles. The van der Waals surface area contributed by atoms with Crippen molar-refractivity contribution in [1.29, 1.82) is 0 Å². The molecule has 0 aromatic carbocycles. The predicted octanol–water partition coefficient (Wildman–Crippen LogP) is 2.23. The highest BCUT2D eigenvalue weighted by atomic mass is 16.3. The zero-order valence-electron chi connectivity index (χ0n) is 11.2. The van der Waals surface area contributed by atoms with Crippen LogP contribution >= 0.6 is 0 Å². The lowest BCUT2D eigenvalue weighted by Crippen LogP contribution is -2.44. The number of rotatable bonds is 3. The Morgan fingerprint density at radius 3 is 2.28 bits per heavy atom. The monoisotopic (exact) mass is 251 g/mol. The second-order valence-electron chi connectivity index (χ2n) is 6.64. The highest BCUT2D eigenvalue weighted by molar-refractivity contribution is 5.82. The molecule has 0 radical (unpaired) electrons. The van der Waals surface area contributed by atoms with E-state index in [9.17, 15) is 9.90 Å². The Morgan fingerprint density at radius 1 is 1.06 bits per heavy atom. The summed E-state index contributed by atoms with van der Waals surface area (Å²) in [6, 6.07) is 0. The highest BCUT2D eigenvalue weighted by Crippen LogP contribution is 2.55. The number of nitrogens with one attached hydrogen (secondary N) is 1. The van der Waals surface area contributed by atoms with Gasteiger partial charge in [-0.3, -0.25) is 4.79 Å². The van der Waals surface area contributed by atoms with Gasteiger partial charge >= 0.3 is 0 Å². The maximum absolute atomic E-state index is 12.1. The quantitative estimate of drug-likeness (QED) is 0.808. The molecule has 3 nitrogen and oxygen atoms in total. The van der Waals surface area contributed by atoms with Gasteiger partial charge < -0.3 is 10.4 Å². The molecule has 0 spiro atoms. The average Bonchev–Trinajstić information content (AvgIpc) is 3.11. The summed E-state index contributed by atoms with van der Waals surface area (Å²) in [5, 5.41) is 13.4. The molecule has 0 heterocycles. The first kappa shape index (κ1) is 12.5. The van der Waals surface area contributed by atoms with Crippen LogP contribution < -0.4 is 5.32 Å². The van der Waals surface area contributed by atoms with Crippen LogP contribution in [0.2, 0.25) is 0 Å². The molecule has 0 aromatic heterocycles. The average molecular weight is 251 g/mol. The smallest absolute Gasteiger partial charge is 0.223 e. The Balaban J connectivity index is 1.47. The summed E-state index contributed by atoms with van der Waals surface area (Å²) in [6.45, 7) is 0.474. The molecule has 1 amide bonds. The molecule has 3 aliphatic carbocycles. The van der Waals surface area contributed by atoms with Crippen LogP contribution in [-0.4, -0.2) is 23.2 Å². The van der Waals surface area contributed by atoms with Crippen LogP contribution in [0, 0.1) is 17.8 Å². The molecule has 2 N–H and O–H groups in total. The van der Waals surface area contributed by atoms with Crippen molar-refractivity contribution in [2.75, 3.05) is 6.54 Å². The Kier molecular flexibility index (Phi) is 3.35. The van der Waals surface area contributed by atoms with Crippen molar-refractivity contribution in [3.05, 3.63) is 0 Å². The fourth-order valence-corrected chi connectivity index (χ4v) is 4.14. The van der Waals surface area contributed by atoms with E-state index >= 15 is 0 Å². The predicted molar refractivity (Wildman–Crippen MR) is 70.0 cm³/mol. The van der Waals surface area contributed by atoms with Crippen LogP contribution in [0.1, 0.15) is 57.8 Å². The second-order valence-corrected chi connectivity index (χ2v) is 6.64. The lowest BCUT2D eigenvalue weighted by Gasteiger charge is -2.32. The number of hydrogen-bond donors (Lipinski definition) is 2. The minimum absolute atomic E-state index is 0.214. The molecular weight excluding hydrogens is 226 g/mol. The number of amides is 1. The molecule has 0 bridgehead atoms. The van der Waals surface area contributed by atoms with Crippen LogP contribution in [-0.2, 0) is 4.79 Å². The van der Waals surface area contributed by atoms with E-state index in [0.717, 1.165) is 25.7 Å². The molecule has 0 aromatic rings. The van der Waals surface area contributed by atoms with E-state index in [0.29, 0.717) is 18.4 Å². The molecule has 3 heteroatoms. The number of aliphatic hydroxyl groups is 1. The van der Waals surface area contributed by atoms with Crippen molar-refractivity contribution in [1.82, 2.24) is 5.32 Å². The Hall–Kier alpha value is -0.570. The summed E-state index contributed by atoms with van der Waals surface area (Å²) in [4.78, 5) is 12.1. The summed E-state index contributed by atoms with van der Waals surface area (Å²) in [5.41, 5.74) is -0.617. The van der Waals surface area contributed by atoms with Gasteiger partial charge in [0.05, 0.1) is 5.60 Å². The zero-order valence-corrected chi connectivity index (χ0v) is 11.2. The van der Waals surface area contributed by atoms with E-state index < -0.39 is 5.60 Å². The zero-order chi connectivity index (χ0) is 12.6. The standard InChI is InChI=1S/C15H25NO2/c17-14(13-11-6-2-3-7-12(11)13)16-10-15(18)8-4-1-5-9-15/h11-13,18H,1-10H2,(H,16,17). The van der Waals surface area contributed by atoms with Crippen LogP contribution in [0.5, 0.6) is 0 Å². The molecule has 3 saturated carbocycles. The summed E-state index contributed by atoms with van der Waals surface area (Å²) < 4.78 is 0. The molecule has 102 valence electrons. The molecule has 2 unspecified atom stereocenters. The Labute approximate surface area is 109 Å². The van der Waals surface area contributed by atoms with Crippen molar-refractivity contribution in [3.63, 3.8) is 0 Å². The van der Waals surface area contributed by atoms with E-state index in [-0.39, 0.29) is 11.8 Å². The molecule has 3 aliphatic rings.